The van der Waals surface area contributed by atoms with Crippen LogP contribution in [0, 0.1) is 0 Å². The average molecular weight is 284 g/mol. The van der Waals surface area contributed by atoms with Crippen LogP contribution in [0.4, 0.5) is 0 Å². The molecule has 1 aromatic rings. The molecule has 0 unspecified atom stereocenters. The van der Waals surface area contributed by atoms with Gasteiger partial charge in [-0.15, -0.1) is 0 Å². The van der Waals surface area contributed by atoms with Crippen molar-refractivity contribution in [3.05, 3.63) is 29.8 Å². The van der Waals surface area contributed by atoms with Gasteiger partial charge in [0, 0.05) is 26.1 Å². The number of rotatable bonds is 6. The molecule has 0 saturated heterocycles. The summed E-state index contributed by atoms with van der Waals surface area (Å²) < 4.78 is 33.7. The van der Waals surface area contributed by atoms with Crippen LogP contribution >= 0.6 is 0 Å². The van der Waals surface area contributed by atoms with Gasteiger partial charge in [-0.1, -0.05) is 32.0 Å². The second kappa shape index (κ2) is 5.90. The Morgan fingerprint density at radius 3 is 2.63 bits per heavy atom. The van der Waals surface area contributed by atoms with Crippen LogP contribution in [-0.2, 0) is 16.6 Å². The molecule has 0 aliphatic carbocycles. The molecule has 1 N–H and O–H groups in total. The SMILES string of the molecule is CCN(CC)S(=O)(=O)NC[C@H]1Cc2ccccc2O1. The van der Waals surface area contributed by atoms with Gasteiger partial charge >= 0.3 is 0 Å². The Morgan fingerprint density at radius 2 is 2.00 bits per heavy atom. The third-order valence-electron chi connectivity index (χ3n) is 3.25. The lowest BCUT2D eigenvalue weighted by molar-refractivity contribution is 0.234. The summed E-state index contributed by atoms with van der Waals surface area (Å²) >= 11 is 0. The normalized spacial score (nSPS) is 18.4. The second-order valence-corrected chi connectivity index (χ2v) is 6.24. The minimum absolute atomic E-state index is 0.122. The molecule has 0 saturated carbocycles. The number of hydrogen-bond donors (Lipinski definition) is 1. The fourth-order valence-electron chi connectivity index (χ4n) is 2.22. The van der Waals surface area contributed by atoms with Crippen molar-refractivity contribution in [1.29, 1.82) is 0 Å². The summed E-state index contributed by atoms with van der Waals surface area (Å²) in [5.74, 6) is 0.856. The first-order valence-corrected chi connectivity index (χ1v) is 8.00. The molecule has 0 amide bonds. The number of ether oxygens (including phenoxy) is 1. The van der Waals surface area contributed by atoms with Crippen LogP contribution in [0.2, 0.25) is 0 Å². The number of nitrogens with one attached hydrogen (secondary N) is 1. The van der Waals surface area contributed by atoms with Gasteiger partial charge in [0.25, 0.3) is 10.2 Å². The lowest BCUT2D eigenvalue weighted by atomic mass is 10.1. The molecule has 0 spiro atoms. The van der Waals surface area contributed by atoms with Crippen molar-refractivity contribution in [2.75, 3.05) is 19.6 Å². The fraction of sp³-hybridized carbons (Fsp3) is 0.538. The monoisotopic (exact) mass is 284 g/mol. The van der Waals surface area contributed by atoms with Crippen LogP contribution in [0.25, 0.3) is 0 Å². The first-order chi connectivity index (χ1) is 9.06. The van der Waals surface area contributed by atoms with Crippen molar-refractivity contribution in [3.8, 4) is 5.75 Å². The van der Waals surface area contributed by atoms with E-state index in [4.69, 9.17) is 4.74 Å². The van der Waals surface area contributed by atoms with Crippen LogP contribution in [-0.4, -0.2) is 38.5 Å². The summed E-state index contributed by atoms with van der Waals surface area (Å²) in [6.45, 7) is 4.89. The summed E-state index contributed by atoms with van der Waals surface area (Å²) in [5.41, 5.74) is 1.13. The van der Waals surface area contributed by atoms with Crippen molar-refractivity contribution in [1.82, 2.24) is 9.03 Å². The van der Waals surface area contributed by atoms with Crippen LogP contribution in [0.15, 0.2) is 24.3 Å². The molecule has 1 heterocycles. The Bertz CT molecular complexity index is 501. The van der Waals surface area contributed by atoms with Crippen molar-refractivity contribution in [3.63, 3.8) is 0 Å². The Morgan fingerprint density at radius 1 is 1.32 bits per heavy atom. The van der Waals surface area contributed by atoms with Crippen LogP contribution in [0.1, 0.15) is 19.4 Å². The van der Waals surface area contributed by atoms with E-state index in [9.17, 15) is 8.42 Å². The topological polar surface area (TPSA) is 58.6 Å². The summed E-state index contributed by atoms with van der Waals surface area (Å²) in [6, 6.07) is 7.80. The maximum absolute atomic E-state index is 12.0. The van der Waals surface area contributed by atoms with E-state index in [1.54, 1.807) is 0 Å². The van der Waals surface area contributed by atoms with E-state index in [-0.39, 0.29) is 6.10 Å². The molecular weight excluding hydrogens is 264 g/mol. The predicted molar refractivity (Wildman–Crippen MR) is 74.4 cm³/mol. The zero-order valence-electron chi connectivity index (χ0n) is 11.3. The van der Waals surface area contributed by atoms with Gasteiger partial charge < -0.3 is 4.74 Å². The van der Waals surface area contributed by atoms with Gasteiger partial charge in [-0.2, -0.15) is 17.4 Å². The number of para-hydroxylation sites is 1. The molecule has 0 bridgehead atoms. The van der Waals surface area contributed by atoms with Gasteiger partial charge in [-0.05, 0) is 11.6 Å². The maximum atomic E-state index is 12.0. The van der Waals surface area contributed by atoms with E-state index >= 15 is 0 Å². The molecule has 19 heavy (non-hydrogen) atoms. The quantitative estimate of drug-likeness (QED) is 0.853. The van der Waals surface area contributed by atoms with Crippen molar-refractivity contribution in [2.24, 2.45) is 0 Å². The molecule has 2 rings (SSSR count). The second-order valence-electron chi connectivity index (χ2n) is 4.49. The number of hydrogen-bond acceptors (Lipinski definition) is 3. The molecule has 1 atom stereocenters. The largest absolute Gasteiger partial charge is 0.488 e. The van der Waals surface area contributed by atoms with E-state index in [0.717, 1.165) is 17.7 Å². The van der Waals surface area contributed by atoms with E-state index in [0.29, 0.717) is 19.6 Å². The lowest BCUT2D eigenvalue weighted by Crippen LogP contribution is -2.44. The first kappa shape index (κ1) is 14.3. The summed E-state index contributed by atoms with van der Waals surface area (Å²) in [4.78, 5) is 0. The molecule has 0 radical (unpaired) electrons. The smallest absolute Gasteiger partial charge is 0.279 e. The van der Waals surface area contributed by atoms with Gasteiger partial charge in [0.1, 0.15) is 11.9 Å². The first-order valence-electron chi connectivity index (χ1n) is 6.56. The lowest BCUT2D eigenvalue weighted by Gasteiger charge is -2.20. The fourth-order valence-corrected chi connectivity index (χ4v) is 3.48. The predicted octanol–water partition coefficient (Wildman–Crippen LogP) is 1.17. The summed E-state index contributed by atoms with van der Waals surface area (Å²) in [5, 5.41) is 0. The van der Waals surface area contributed by atoms with E-state index in [1.165, 1.54) is 4.31 Å². The zero-order chi connectivity index (χ0) is 13.9. The van der Waals surface area contributed by atoms with E-state index in [1.807, 2.05) is 38.1 Å². The van der Waals surface area contributed by atoms with Crippen LogP contribution in [0.3, 0.4) is 0 Å². The molecule has 5 nitrogen and oxygen atoms in total. The third-order valence-corrected chi connectivity index (χ3v) is 4.98. The molecule has 106 valence electrons. The molecular formula is C13H20N2O3S. The molecule has 0 fully saturated rings. The molecule has 1 aliphatic heterocycles. The van der Waals surface area contributed by atoms with Crippen LogP contribution < -0.4 is 9.46 Å². The Hall–Kier alpha value is -1.11. The highest BCUT2D eigenvalue weighted by Crippen LogP contribution is 2.27. The minimum Gasteiger partial charge on any atom is -0.488 e. The highest BCUT2D eigenvalue weighted by atomic mass is 32.2. The average Bonchev–Trinajstić information content (AvgIpc) is 2.80. The Kier molecular flexibility index (Phi) is 4.44. The number of benzene rings is 1. The molecule has 0 aromatic heterocycles. The molecule has 1 aliphatic rings. The standard InChI is InChI=1S/C13H20N2O3S/c1-3-15(4-2)19(16,17)14-10-12-9-11-7-5-6-8-13(11)18-12/h5-8,12,14H,3-4,9-10H2,1-2H3/t12-/m1/s1. The number of nitrogens with zero attached hydrogens (tertiary/aromatic N) is 1. The van der Waals surface area contributed by atoms with Crippen molar-refractivity contribution >= 4 is 10.2 Å². The number of fused-ring (bicyclic) bond motifs is 1. The van der Waals surface area contributed by atoms with Crippen molar-refractivity contribution < 1.29 is 13.2 Å². The highest BCUT2D eigenvalue weighted by Gasteiger charge is 2.25. The van der Waals surface area contributed by atoms with Gasteiger partial charge in [0.2, 0.25) is 0 Å². The Balaban J connectivity index is 1.92. The summed E-state index contributed by atoms with van der Waals surface area (Å²) in [7, 11) is -3.39. The highest BCUT2D eigenvalue weighted by molar-refractivity contribution is 7.87. The van der Waals surface area contributed by atoms with Gasteiger partial charge in [-0.3, -0.25) is 0 Å². The molecule has 6 heteroatoms. The van der Waals surface area contributed by atoms with Crippen LogP contribution in [0.5, 0.6) is 5.75 Å². The maximum Gasteiger partial charge on any atom is 0.279 e. The van der Waals surface area contributed by atoms with Gasteiger partial charge in [0.05, 0.1) is 0 Å². The molecule has 1 aromatic carbocycles. The Labute approximate surface area is 114 Å². The van der Waals surface area contributed by atoms with E-state index in [2.05, 4.69) is 4.72 Å². The van der Waals surface area contributed by atoms with E-state index < -0.39 is 10.2 Å². The zero-order valence-corrected chi connectivity index (χ0v) is 12.1. The van der Waals surface area contributed by atoms with Gasteiger partial charge in [0.15, 0.2) is 0 Å². The van der Waals surface area contributed by atoms with Crippen molar-refractivity contribution in [2.45, 2.75) is 26.4 Å². The summed E-state index contributed by atoms with van der Waals surface area (Å²) in [6.07, 6.45) is 0.625. The minimum atomic E-state index is -3.39. The third kappa shape index (κ3) is 3.26. The van der Waals surface area contributed by atoms with Gasteiger partial charge in [-0.25, -0.2) is 0 Å².